The molecule has 2 aromatic rings. The highest BCUT2D eigenvalue weighted by Crippen LogP contribution is 2.27. The van der Waals surface area contributed by atoms with Crippen molar-refractivity contribution >= 4 is 12.0 Å². The largest absolute Gasteiger partial charge is 0.504 e. The van der Waals surface area contributed by atoms with Gasteiger partial charge in [0.2, 0.25) is 0 Å². The standard InChI is InChI=1S/C19H18N2O3/c1-13(15-6-4-3-5-7-15)21-19(23)16(12-20)10-14-8-9-18(24-2)17(22)11-14/h3-11,13,22H,1-2H3,(H,21,23)/b16-10-/t13-/m1/s1. The van der Waals surface area contributed by atoms with Gasteiger partial charge in [-0.05, 0) is 36.3 Å². The fourth-order valence-corrected chi connectivity index (χ4v) is 2.21. The van der Waals surface area contributed by atoms with Crippen LogP contribution in [0, 0.1) is 11.3 Å². The molecule has 0 spiro atoms. The number of aromatic hydroxyl groups is 1. The van der Waals surface area contributed by atoms with Crippen LogP contribution in [-0.4, -0.2) is 18.1 Å². The van der Waals surface area contributed by atoms with Gasteiger partial charge in [0.1, 0.15) is 11.6 Å². The second-order valence-corrected chi connectivity index (χ2v) is 5.21. The summed E-state index contributed by atoms with van der Waals surface area (Å²) in [6, 6.07) is 15.8. The average Bonchev–Trinajstić information content (AvgIpc) is 2.60. The zero-order valence-corrected chi connectivity index (χ0v) is 13.5. The van der Waals surface area contributed by atoms with Crippen LogP contribution in [0.5, 0.6) is 11.5 Å². The predicted molar refractivity (Wildman–Crippen MR) is 91.2 cm³/mol. The maximum Gasteiger partial charge on any atom is 0.262 e. The van der Waals surface area contributed by atoms with Crippen molar-refractivity contribution in [1.29, 1.82) is 5.26 Å². The quantitative estimate of drug-likeness (QED) is 0.654. The molecule has 2 rings (SSSR count). The smallest absolute Gasteiger partial charge is 0.262 e. The van der Waals surface area contributed by atoms with Crippen molar-refractivity contribution in [2.45, 2.75) is 13.0 Å². The summed E-state index contributed by atoms with van der Waals surface area (Å²) in [7, 11) is 1.45. The van der Waals surface area contributed by atoms with E-state index in [1.807, 2.05) is 43.3 Å². The summed E-state index contributed by atoms with van der Waals surface area (Å²) < 4.78 is 4.97. The van der Waals surface area contributed by atoms with E-state index < -0.39 is 5.91 Å². The molecule has 0 aliphatic carbocycles. The Morgan fingerprint density at radius 2 is 2.00 bits per heavy atom. The van der Waals surface area contributed by atoms with E-state index in [9.17, 15) is 15.2 Å². The zero-order chi connectivity index (χ0) is 17.5. The number of phenols is 1. The number of nitrogens with one attached hydrogen (secondary N) is 1. The molecule has 1 atom stereocenters. The summed E-state index contributed by atoms with van der Waals surface area (Å²) in [5, 5.41) is 21.8. The average molecular weight is 322 g/mol. The first-order chi connectivity index (χ1) is 11.5. The van der Waals surface area contributed by atoms with E-state index in [1.165, 1.54) is 19.3 Å². The number of rotatable bonds is 5. The lowest BCUT2D eigenvalue weighted by molar-refractivity contribution is -0.117. The molecule has 0 bridgehead atoms. The molecule has 2 aromatic carbocycles. The first-order valence-corrected chi connectivity index (χ1v) is 7.39. The molecule has 0 fully saturated rings. The van der Waals surface area contributed by atoms with E-state index in [4.69, 9.17) is 4.74 Å². The molecule has 0 unspecified atom stereocenters. The van der Waals surface area contributed by atoms with Gasteiger partial charge >= 0.3 is 0 Å². The molecule has 0 aromatic heterocycles. The van der Waals surface area contributed by atoms with Gasteiger partial charge in [-0.1, -0.05) is 36.4 Å². The fourth-order valence-electron chi connectivity index (χ4n) is 2.21. The van der Waals surface area contributed by atoms with E-state index in [0.717, 1.165) is 5.56 Å². The van der Waals surface area contributed by atoms with E-state index in [1.54, 1.807) is 12.1 Å². The Morgan fingerprint density at radius 1 is 1.29 bits per heavy atom. The van der Waals surface area contributed by atoms with E-state index >= 15 is 0 Å². The molecule has 5 heteroatoms. The second-order valence-electron chi connectivity index (χ2n) is 5.21. The molecule has 1 amide bonds. The van der Waals surface area contributed by atoms with Crippen LogP contribution >= 0.6 is 0 Å². The lowest BCUT2D eigenvalue weighted by Gasteiger charge is -2.13. The van der Waals surface area contributed by atoms with Gasteiger partial charge in [-0.2, -0.15) is 5.26 Å². The van der Waals surface area contributed by atoms with Crippen LogP contribution in [0.15, 0.2) is 54.1 Å². The van der Waals surface area contributed by atoms with Crippen LogP contribution in [0.2, 0.25) is 0 Å². The van der Waals surface area contributed by atoms with Gasteiger partial charge in [-0.25, -0.2) is 0 Å². The zero-order valence-electron chi connectivity index (χ0n) is 13.5. The van der Waals surface area contributed by atoms with Gasteiger partial charge in [-0.3, -0.25) is 4.79 Å². The molecule has 5 nitrogen and oxygen atoms in total. The highest BCUT2D eigenvalue weighted by atomic mass is 16.5. The number of nitrogens with zero attached hydrogens (tertiary/aromatic N) is 1. The van der Waals surface area contributed by atoms with Crippen molar-refractivity contribution in [3.05, 3.63) is 65.2 Å². The van der Waals surface area contributed by atoms with Crippen LogP contribution in [0.4, 0.5) is 0 Å². The van der Waals surface area contributed by atoms with Gasteiger partial charge in [-0.15, -0.1) is 0 Å². The van der Waals surface area contributed by atoms with Gasteiger partial charge in [0.15, 0.2) is 11.5 Å². The number of hydrogen-bond acceptors (Lipinski definition) is 4. The van der Waals surface area contributed by atoms with E-state index in [-0.39, 0.29) is 17.4 Å². The molecule has 0 saturated heterocycles. The minimum atomic E-state index is -0.468. The Hall–Kier alpha value is -3.26. The maximum absolute atomic E-state index is 12.3. The van der Waals surface area contributed by atoms with Crippen molar-refractivity contribution in [2.24, 2.45) is 0 Å². The normalized spacial score (nSPS) is 12.1. The highest BCUT2D eigenvalue weighted by Gasteiger charge is 2.14. The number of methoxy groups -OCH3 is 1. The Kier molecular flexibility index (Phi) is 5.58. The highest BCUT2D eigenvalue weighted by molar-refractivity contribution is 6.01. The Morgan fingerprint density at radius 3 is 2.58 bits per heavy atom. The van der Waals surface area contributed by atoms with Crippen LogP contribution in [0.25, 0.3) is 6.08 Å². The Balaban J connectivity index is 2.17. The lowest BCUT2D eigenvalue weighted by Crippen LogP contribution is -2.27. The first kappa shape index (κ1) is 17.1. The Bertz CT molecular complexity index is 792. The van der Waals surface area contributed by atoms with Gasteiger partial charge < -0.3 is 15.2 Å². The predicted octanol–water partition coefficient (Wildman–Crippen LogP) is 3.19. The first-order valence-electron chi connectivity index (χ1n) is 7.39. The number of carbonyl (C=O) groups excluding carboxylic acids is 1. The fraction of sp³-hybridized carbons (Fsp3) is 0.158. The number of nitriles is 1. The van der Waals surface area contributed by atoms with Crippen LogP contribution in [-0.2, 0) is 4.79 Å². The molecule has 0 aliphatic heterocycles. The van der Waals surface area contributed by atoms with Crippen molar-refractivity contribution in [1.82, 2.24) is 5.32 Å². The third-order valence-electron chi connectivity index (χ3n) is 3.53. The van der Waals surface area contributed by atoms with E-state index in [2.05, 4.69) is 5.32 Å². The number of phenolic OH excluding ortho intramolecular Hbond substituents is 1. The third-order valence-corrected chi connectivity index (χ3v) is 3.53. The third kappa shape index (κ3) is 4.14. The Labute approximate surface area is 140 Å². The summed E-state index contributed by atoms with van der Waals surface area (Å²) in [6.07, 6.45) is 1.42. The summed E-state index contributed by atoms with van der Waals surface area (Å²) in [5.74, 6) is -0.196. The van der Waals surface area contributed by atoms with Crippen molar-refractivity contribution in [3.63, 3.8) is 0 Å². The summed E-state index contributed by atoms with van der Waals surface area (Å²) >= 11 is 0. The molecule has 0 aliphatic rings. The van der Waals surface area contributed by atoms with Crippen LogP contribution < -0.4 is 10.1 Å². The van der Waals surface area contributed by atoms with Gasteiger partial charge in [0, 0.05) is 0 Å². The SMILES string of the molecule is COc1ccc(/C=C(/C#N)C(=O)N[C@H](C)c2ccccc2)cc1O. The van der Waals surface area contributed by atoms with Crippen LogP contribution in [0.3, 0.4) is 0 Å². The van der Waals surface area contributed by atoms with Gasteiger partial charge in [0.05, 0.1) is 13.2 Å². The summed E-state index contributed by atoms with van der Waals surface area (Å²) in [5.41, 5.74) is 1.44. The maximum atomic E-state index is 12.3. The topological polar surface area (TPSA) is 82.3 Å². The molecule has 0 heterocycles. The van der Waals surface area contributed by atoms with Crippen molar-refractivity contribution in [2.75, 3.05) is 7.11 Å². The minimum absolute atomic E-state index is 0.0395. The number of benzene rings is 2. The van der Waals surface area contributed by atoms with Crippen LogP contribution in [0.1, 0.15) is 24.1 Å². The number of hydrogen-bond donors (Lipinski definition) is 2. The van der Waals surface area contributed by atoms with Crippen molar-refractivity contribution < 1.29 is 14.6 Å². The monoisotopic (exact) mass is 322 g/mol. The van der Waals surface area contributed by atoms with Gasteiger partial charge in [0.25, 0.3) is 5.91 Å². The molecule has 24 heavy (non-hydrogen) atoms. The second kappa shape index (κ2) is 7.84. The number of ether oxygens (including phenoxy) is 1. The number of amides is 1. The lowest BCUT2D eigenvalue weighted by atomic mass is 10.1. The minimum Gasteiger partial charge on any atom is -0.504 e. The molecule has 0 saturated carbocycles. The molecule has 122 valence electrons. The number of carbonyl (C=O) groups is 1. The summed E-state index contributed by atoms with van der Waals surface area (Å²) in [4.78, 5) is 12.3. The van der Waals surface area contributed by atoms with E-state index in [0.29, 0.717) is 11.3 Å². The molecular formula is C19H18N2O3. The van der Waals surface area contributed by atoms with Crippen molar-refractivity contribution in [3.8, 4) is 17.6 Å². The molecular weight excluding hydrogens is 304 g/mol. The molecule has 0 radical (unpaired) electrons. The summed E-state index contributed by atoms with van der Waals surface area (Å²) in [6.45, 7) is 1.85. The molecule has 2 N–H and O–H groups in total.